The average Bonchev–Trinajstić information content (AvgIpc) is 3.42. The second-order valence-electron chi connectivity index (χ2n) is 24.2. The molecule has 6 nitrogen and oxygen atoms in total. The third kappa shape index (κ3) is 61.8. The zero-order valence-corrected chi connectivity index (χ0v) is 51.8. The molecule has 0 heterocycles. The van der Waals surface area contributed by atoms with Gasteiger partial charge in [-0.25, -0.2) is 0 Å². The van der Waals surface area contributed by atoms with Crippen LogP contribution in [0.2, 0.25) is 0 Å². The standard InChI is InChI=1S/C70H137NO5/c1-3-5-7-9-11-13-15-17-19-21-32-36-40-44-48-52-56-60-64-70(75)76-65-61-57-53-49-45-41-37-33-29-27-25-23-22-24-26-28-31-35-39-43-47-51-55-59-63-69(74)71-67(66-72)68(73)62-58-54-50-46-42-38-34-30-20-18-16-14-12-10-8-6-4-2/h19,21,67-68,72-73H,3-18,20,22-66H2,1-2H3,(H,71,74)/b21-19-. The number of carbonyl (C=O) groups excluding carboxylic acids is 2. The van der Waals surface area contributed by atoms with Crippen LogP contribution < -0.4 is 5.32 Å². The van der Waals surface area contributed by atoms with Crippen LogP contribution >= 0.6 is 0 Å². The molecule has 1 amide bonds. The normalized spacial score (nSPS) is 12.5. The first-order chi connectivity index (χ1) is 37.5. The SMILES string of the molecule is CCCCCCCCC/C=C\CCCCCCCCCC(=O)OCCCCCCCCCCCCCCCCCCCCCCCCCCC(=O)NC(CO)C(O)CCCCCCCCCCCCCCCCCCC. The third-order valence-electron chi connectivity index (χ3n) is 16.6. The Balaban J connectivity index is 3.35. The average molecular weight is 1070 g/mol. The number of hydrogen-bond donors (Lipinski definition) is 3. The number of allylic oxidation sites excluding steroid dienone is 2. The van der Waals surface area contributed by atoms with Crippen molar-refractivity contribution < 1.29 is 24.5 Å². The van der Waals surface area contributed by atoms with E-state index in [1.807, 2.05) is 0 Å². The van der Waals surface area contributed by atoms with Crippen LogP contribution in [0.1, 0.15) is 399 Å². The first-order valence-corrected chi connectivity index (χ1v) is 34.9. The van der Waals surface area contributed by atoms with Gasteiger partial charge in [-0.15, -0.1) is 0 Å². The van der Waals surface area contributed by atoms with Crippen molar-refractivity contribution in [3.05, 3.63) is 12.2 Å². The lowest BCUT2D eigenvalue weighted by Gasteiger charge is -2.22. The summed E-state index contributed by atoms with van der Waals surface area (Å²) in [5.41, 5.74) is 0. The molecule has 0 aromatic heterocycles. The summed E-state index contributed by atoms with van der Waals surface area (Å²) in [5, 5.41) is 23.4. The van der Waals surface area contributed by atoms with Gasteiger partial charge in [-0.2, -0.15) is 0 Å². The van der Waals surface area contributed by atoms with Crippen LogP contribution in [0.4, 0.5) is 0 Å². The molecule has 0 aliphatic heterocycles. The second kappa shape index (κ2) is 66.1. The van der Waals surface area contributed by atoms with Crippen molar-refractivity contribution in [2.24, 2.45) is 0 Å². The number of rotatable bonds is 66. The number of nitrogens with one attached hydrogen (secondary N) is 1. The van der Waals surface area contributed by atoms with Gasteiger partial charge in [-0.1, -0.05) is 347 Å². The van der Waals surface area contributed by atoms with E-state index in [-0.39, 0.29) is 18.5 Å². The molecule has 0 aromatic rings. The lowest BCUT2D eigenvalue weighted by molar-refractivity contribution is -0.143. The Morgan fingerprint density at radius 2 is 0.618 bits per heavy atom. The summed E-state index contributed by atoms with van der Waals surface area (Å²) in [7, 11) is 0. The summed E-state index contributed by atoms with van der Waals surface area (Å²) in [4.78, 5) is 24.6. The Labute approximate surface area is 476 Å². The Hall–Kier alpha value is -1.40. The van der Waals surface area contributed by atoms with Gasteiger partial charge in [-0.3, -0.25) is 9.59 Å². The van der Waals surface area contributed by atoms with Crippen LogP contribution in [0.3, 0.4) is 0 Å². The van der Waals surface area contributed by atoms with E-state index in [1.165, 1.54) is 321 Å². The highest BCUT2D eigenvalue weighted by Gasteiger charge is 2.20. The summed E-state index contributed by atoms with van der Waals surface area (Å²) in [6, 6.07) is -0.540. The molecule has 6 heteroatoms. The lowest BCUT2D eigenvalue weighted by Crippen LogP contribution is -2.45. The second-order valence-corrected chi connectivity index (χ2v) is 24.2. The zero-order valence-electron chi connectivity index (χ0n) is 51.8. The van der Waals surface area contributed by atoms with Crippen molar-refractivity contribution in [1.82, 2.24) is 5.32 Å². The van der Waals surface area contributed by atoms with Crippen molar-refractivity contribution in [2.45, 2.75) is 411 Å². The predicted octanol–water partition coefficient (Wildman–Crippen LogP) is 22.4. The summed E-state index contributed by atoms with van der Waals surface area (Å²) in [5.74, 6) is -0.0162. The maximum absolute atomic E-state index is 12.5. The summed E-state index contributed by atoms with van der Waals surface area (Å²) in [6.07, 6.45) is 81.1. The summed E-state index contributed by atoms with van der Waals surface area (Å²) >= 11 is 0. The van der Waals surface area contributed by atoms with Crippen LogP contribution in [0.5, 0.6) is 0 Å². The summed E-state index contributed by atoms with van der Waals surface area (Å²) < 4.78 is 5.51. The van der Waals surface area contributed by atoms with Crippen molar-refractivity contribution in [2.75, 3.05) is 13.2 Å². The largest absolute Gasteiger partial charge is 0.466 e. The number of carbonyl (C=O) groups is 2. The van der Waals surface area contributed by atoms with Crippen molar-refractivity contribution >= 4 is 11.9 Å². The molecule has 2 atom stereocenters. The topological polar surface area (TPSA) is 95.9 Å². The monoisotopic (exact) mass is 1070 g/mol. The fourth-order valence-electron chi connectivity index (χ4n) is 11.2. The van der Waals surface area contributed by atoms with Gasteiger partial charge >= 0.3 is 5.97 Å². The van der Waals surface area contributed by atoms with Gasteiger partial charge in [0.2, 0.25) is 5.91 Å². The van der Waals surface area contributed by atoms with Gasteiger partial charge in [0.1, 0.15) is 0 Å². The minimum atomic E-state index is -0.663. The first-order valence-electron chi connectivity index (χ1n) is 34.9. The first kappa shape index (κ1) is 74.6. The molecule has 0 radical (unpaired) electrons. The Bertz CT molecular complexity index is 1140. The van der Waals surface area contributed by atoms with E-state index < -0.39 is 12.1 Å². The van der Waals surface area contributed by atoms with Crippen molar-refractivity contribution in [1.29, 1.82) is 0 Å². The third-order valence-corrected chi connectivity index (χ3v) is 16.6. The predicted molar refractivity (Wildman–Crippen MR) is 333 cm³/mol. The quantitative estimate of drug-likeness (QED) is 0.0320. The number of esters is 1. The molecule has 3 N–H and O–H groups in total. The molecule has 76 heavy (non-hydrogen) atoms. The van der Waals surface area contributed by atoms with Crippen LogP contribution in [-0.4, -0.2) is 47.4 Å². The van der Waals surface area contributed by atoms with Crippen molar-refractivity contribution in [3.63, 3.8) is 0 Å². The van der Waals surface area contributed by atoms with E-state index in [2.05, 4.69) is 31.3 Å². The minimum Gasteiger partial charge on any atom is -0.466 e. The van der Waals surface area contributed by atoms with Gasteiger partial charge in [0.25, 0.3) is 0 Å². The molecule has 0 aliphatic rings. The summed E-state index contributed by atoms with van der Waals surface area (Å²) in [6.45, 7) is 4.99. The number of unbranched alkanes of at least 4 members (excludes halogenated alkanes) is 53. The van der Waals surface area contributed by atoms with Crippen LogP contribution in [-0.2, 0) is 14.3 Å². The number of amides is 1. The van der Waals surface area contributed by atoms with Crippen LogP contribution in [0.25, 0.3) is 0 Å². The number of hydrogen-bond acceptors (Lipinski definition) is 5. The van der Waals surface area contributed by atoms with E-state index in [9.17, 15) is 19.8 Å². The van der Waals surface area contributed by atoms with E-state index >= 15 is 0 Å². The number of aliphatic hydroxyl groups excluding tert-OH is 2. The van der Waals surface area contributed by atoms with Gasteiger partial charge in [0.05, 0.1) is 25.4 Å². The molecular weight excluding hydrogens is 935 g/mol. The lowest BCUT2D eigenvalue weighted by atomic mass is 10.0. The Kier molecular flexibility index (Phi) is 64.9. The highest BCUT2D eigenvalue weighted by molar-refractivity contribution is 5.76. The number of aliphatic hydroxyl groups is 2. The molecule has 0 bridgehead atoms. The highest BCUT2D eigenvalue weighted by atomic mass is 16.5. The molecule has 0 aliphatic carbocycles. The minimum absolute atomic E-state index is 0.0137. The molecule has 0 saturated carbocycles. The van der Waals surface area contributed by atoms with E-state index in [1.54, 1.807) is 0 Å². The molecule has 2 unspecified atom stereocenters. The van der Waals surface area contributed by atoms with Crippen LogP contribution in [0.15, 0.2) is 12.2 Å². The molecule has 0 fully saturated rings. The fourth-order valence-corrected chi connectivity index (χ4v) is 11.2. The highest BCUT2D eigenvalue weighted by Crippen LogP contribution is 2.19. The maximum Gasteiger partial charge on any atom is 0.305 e. The molecule has 0 aromatic carbocycles. The van der Waals surface area contributed by atoms with Gasteiger partial charge < -0.3 is 20.3 Å². The Morgan fingerprint density at radius 1 is 0.355 bits per heavy atom. The molecule has 0 rings (SSSR count). The maximum atomic E-state index is 12.5. The van der Waals surface area contributed by atoms with Crippen LogP contribution in [0, 0.1) is 0 Å². The fraction of sp³-hybridized carbons (Fsp3) is 0.943. The van der Waals surface area contributed by atoms with E-state index in [0.29, 0.717) is 25.9 Å². The van der Waals surface area contributed by atoms with Gasteiger partial charge in [0, 0.05) is 12.8 Å². The molecule has 0 spiro atoms. The molecular formula is C70H137NO5. The van der Waals surface area contributed by atoms with Crippen molar-refractivity contribution in [3.8, 4) is 0 Å². The molecule has 0 saturated heterocycles. The van der Waals surface area contributed by atoms with E-state index in [4.69, 9.17) is 4.74 Å². The number of ether oxygens (including phenoxy) is 1. The van der Waals surface area contributed by atoms with Gasteiger partial charge in [0.15, 0.2) is 0 Å². The Morgan fingerprint density at radius 3 is 0.934 bits per heavy atom. The zero-order chi connectivity index (χ0) is 55.0. The van der Waals surface area contributed by atoms with E-state index in [0.717, 1.165) is 44.9 Å². The smallest absolute Gasteiger partial charge is 0.305 e. The molecule has 452 valence electrons. The van der Waals surface area contributed by atoms with Gasteiger partial charge in [-0.05, 0) is 51.4 Å².